The quantitative estimate of drug-likeness (QED) is 0.790. The van der Waals surface area contributed by atoms with Gasteiger partial charge in [-0.3, -0.25) is 4.40 Å². The normalized spacial score (nSPS) is 12.1. The molecular weight excluding hydrogens is 337 g/mol. The largest absolute Gasteiger partial charge is 0.279 e. The molecule has 1 aromatic carbocycles. The van der Waals surface area contributed by atoms with Gasteiger partial charge in [0.2, 0.25) is 0 Å². The molecule has 0 aliphatic carbocycles. The van der Waals surface area contributed by atoms with Crippen LogP contribution in [0.4, 0.5) is 4.39 Å². The first-order valence-electron chi connectivity index (χ1n) is 5.82. The van der Waals surface area contributed by atoms with Gasteiger partial charge >= 0.3 is 0 Å². The average Bonchev–Trinajstić information content (AvgIpc) is 2.96. The predicted octanol–water partition coefficient (Wildman–Crippen LogP) is 2.67. The Labute approximate surface area is 129 Å². The number of aromatic nitrogens is 2. The molecule has 0 spiro atoms. The number of rotatable bonds is 4. The van der Waals surface area contributed by atoms with Crippen molar-refractivity contribution in [2.75, 3.05) is 0 Å². The highest BCUT2D eigenvalue weighted by molar-refractivity contribution is 7.89. The van der Waals surface area contributed by atoms with E-state index in [1.54, 1.807) is 17.6 Å². The average molecular weight is 346 g/mol. The smallest absolute Gasteiger partial charge is 0.260 e. The summed E-state index contributed by atoms with van der Waals surface area (Å²) in [5, 5.41) is 1.51. The van der Waals surface area contributed by atoms with Crippen LogP contribution in [0.2, 0.25) is 5.15 Å². The number of hydrogen-bond acceptors (Lipinski definition) is 4. The van der Waals surface area contributed by atoms with Gasteiger partial charge in [-0.2, -0.15) is 0 Å². The minimum absolute atomic E-state index is 0.0339. The van der Waals surface area contributed by atoms with E-state index in [-0.39, 0.29) is 16.7 Å². The van der Waals surface area contributed by atoms with Crippen molar-refractivity contribution >= 4 is 37.9 Å². The van der Waals surface area contributed by atoms with E-state index in [4.69, 9.17) is 11.6 Å². The van der Waals surface area contributed by atoms with Crippen LogP contribution in [-0.4, -0.2) is 17.8 Å². The van der Waals surface area contributed by atoms with Crippen LogP contribution in [-0.2, 0) is 16.6 Å². The topological polar surface area (TPSA) is 63.5 Å². The zero-order chi connectivity index (χ0) is 15.0. The van der Waals surface area contributed by atoms with Crippen molar-refractivity contribution in [3.63, 3.8) is 0 Å². The molecule has 9 heteroatoms. The summed E-state index contributed by atoms with van der Waals surface area (Å²) in [5.74, 6) is -0.422. The second-order valence-electron chi connectivity index (χ2n) is 4.22. The Kier molecular flexibility index (Phi) is 3.70. The van der Waals surface area contributed by atoms with E-state index in [1.807, 2.05) is 0 Å². The summed E-state index contributed by atoms with van der Waals surface area (Å²) < 4.78 is 41.6. The molecule has 2 aromatic heterocycles. The van der Waals surface area contributed by atoms with Gasteiger partial charge in [0.1, 0.15) is 5.82 Å². The third-order valence-corrected chi connectivity index (χ3v) is 5.34. The van der Waals surface area contributed by atoms with Crippen molar-refractivity contribution in [1.82, 2.24) is 14.1 Å². The van der Waals surface area contributed by atoms with Crippen molar-refractivity contribution in [1.29, 1.82) is 0 Å². The minimum atomic E-state index is -3.85. The first-order valence-corrected chi connectivity index (χ1v) is 8.56. The van der Waals surface area contributed by atoms with Gasteiger partial charge in [-0.05, 0) is 17.7 Å². The summed E-state index contributed by atoms with van der Waals surface area (Å²) in [4.78, 5) is 4.47. The van der Waals surface area contributed by atoms with E-state index in [9.17, 15) is 12.8 Å². The highest BCUT2D eigenvalue weighted by Gasteiger charge is 2.24. The fourth-order valence-electron chi connectivity index (χ4n) is 1.87. The van der Waals surface area contributed by atoms with E-state index in [2.05, 4.69) is 9.71 Å². The fourth-order valence-corrected chi connectivity index (χ4v) is 4.34. The molecule has 3 rings (SSSR count). The molecule has 110 valence electrons. The van der Waals surface area contributed by atoms with E-state index >= 15 is 0 Å². The highest BCUT2D eigenvalue weighted by Crippen LogP contribution is 2.25. The van der Waals surface area contributed by atoms with Crippen LogP contribution in [0.5, 0.6) is 0 Å². The van der Waals surface area contributed by atoms with Gasteiger partial charge in [0.15, 0.2) is 15.1 Å². The number of benzene rings is 1. The lowest BCUT2D eigenvalue weighted by atomic mass is 10.2. The van der Waals surface area contributed by atoms with E-state index in [1.165, 1.54) is 33.9 Å². The van der Waals surface area contributed by atoms with Crippen LogP contribution in [0.15, 0.2) is 40.9 Å². The first kappa shape index (κ1) is 14.5. The Morgan fingerprint density at radius 1 is 1.43 bits per heavy atom. The molecule has 2 heterocycles. The molecule has 0 unspecified atom stereocenters. The van der Waals surface area contributed by atoms with Gasteiger partial charge in [0, 0.05) is 18.1 Å². The molecule has 0 bridgehead atoms. The lowest BCUT2D eigenvalue weighted by Gasteiger charge is -2.06. The zero-order valence-electron chi connectivity index (χ0n) is 10.5. The van der Waals surface area contributed by atoms with Crippen molar-refractivity contribution in [2.24, 2.45) is 0 Å². The molecule has 0 saturated carbocycles. The summed E-state index contributed by atoms with van der Waals surface area (Å²) in [6.45, 7) is -0.0339. The number of hydrogen-bond donors (Lipinski definition) is 1. The molecular formula is C12H9ClFN3O2S2. The van der Waals surface area contributed by atoms with Gasteiger partial charge in [-0.25, -0.2) is 22.5 Å². The van der Waals surface area contributed by atoms with Gasteiger partial charge < -0.3 is 0 Å². The maximum absolute atomic E-state index is 13.1. The Bertz CT molecular complexity index is 904. The third-order valence-electron chi connectivity index (χ3n) is 2.79. The maximum atomic E-state index is 13.1. The number of thiazole rings is 1. The summed E-state index contributed by atoms with van der Waals surface area (Å²) in [5.41, 5.74) is 0.515. The molecule has 0 radical (unpaired) electrons. The van der Waals surface area contributed by atoms with Crippen LogP contribution >= 0.6 is 22.9 Å². The second-order valence-corrected chi connectivity index (χ2v) is 7.13. The van der Waals surface area contributed by atoms with Crippen LogP contribution in [0.25, 0.3) is 4.96 Å². The molecule has 0 atom stereocenters. The standard InChI is InChI=1S/C12H9ClFN3O2S2/c13-10-11(17-4-5-20-12(17)16-10)21(18,19)15-7-8-2-1-3-9(14)6-8/h1-6,15H,7H2. The Morgan fingerprint density at radius 3 is 3.00 bits per heavy atom. The number of sulfonamides is 1. The molecule has 1 N–H and O–H groups in total. The molecule has 3 aromatic rings. The monoisotopic (exact) mass is 345 g/mol. The number of nitrogens with one attached hydrogen (secondary N) is 1. The van der Waals surface area contributed by atoms with Gasteiger partial charge in [-0.15, -0.1) is 11.3 Å². The van der Waals surface area contributed by atoms with Crippen LogP contribution in [0, 0.1) is 5.82 Å². The third kappa shape index (κ3) is 2.80. The molecule has 0 amide bonds. The molecule has 21 heavy (non-hydrogen) atoms. The minimum Gasteiger partial charge on any atom is -0.279 e. The Morgan fingerprint density at radius 2 is 2.24 bits per heavy atom. The molecule has 0 aliphatic heterocycles. The van der Waals surface area contributed by atoms with E-state index < -0.39 is 15.8 Å². The van der Waals surface area contributed by atoms with Crippen molar-refractivity contribution in [3.05, 3.63) is 52.4 Å². The number of fused-ring (bicyclic) bond motifs is 1. The molecule has 0 fully saturated rings. The number of halogens is 2. The second kappa shape index (κ2) is 5.38. The number of nitrogens with zero attached hydrogens (tertiary/aromatic N) is 2. The summed E-state index contributed by atoms with van der Waals surface area (Å²) in [6.07, 6.45) is 1.58. The molecule has 0 aliphatic rings. The SMILES string of the molecule is O=S(=O)(NCc1cccc(F)c1)c1c(Cl)nc2sccn12. The summed E-state index contributed by atoms with van der Waals surface area (Å²) in [7, 11) is -3.85. The van der Waals surface area contributed by atoms with E-state index in [0.29, 0.717) is 10.5 Å². The predicted molar refractivity (Wildman–Crippen MR) is 78.5 cm³/mol. The fraction of sp³-hybridized carbons (Fsp3) is 0.0833. The maximum Gasteiger partial charge on any atom is 0.260 e. The Balaban J connectivity index is 1.90. The van der Waals surface area contributed by atoms with Crippen molar-refractivity contribution < 1.29 is 12.8 Å². The summed E-state index contributed by atoms with van der Waals surface area (Å²) in [6, 6.07) is 5.70. The molecule has 5 nitrogen and oxygen atoms in total. The van der Waals surface area contributed by atoms with Crippen LogP contribution in [0.3, 0.4) is 0 Å². The zero-order valence-corrected chi connectivity index (χ0v) is 12.8. The Hall–Kier alpha value is -1.48. The lowest BCUT2D eigenvalue weighted by Crippen LogP contribution is -2.24. The highest BCUT2D eigenvalue weighted by atomic mass is 35.5. The number of imidazole rings is 1. The van der Waals surface area contributed by atoms with Crippen molar-refractivity contribution in [2.45, 2.75) is 11.6 Å². The van der Waals surface area contributed by atoms with E-state index in [0.717, 1.165) is 0 Å². The lowest BCUT2D eigenvalue weighted by molar-refractivity contribution is 0.575. The first-order chi connectivity index (χ1) is 9.97. The van der Waals surface area contributed by atoms with Crippen LogP contribution in [0.1, 0.15) is 5.56 Å². The van der Waals surface area contributed by atoms with Gasteiger partial charge in [0.25, 0.3) is 10.0 Å². The van der Waals surface area contributed by atoms with Gasteiger partial charge in [0.05, 0.1) is 0 Å². The summed E-state index contributed by atoms with van der Waals surface area (Å²) >= 11 is 7.18. The molecule has 0 saturated heterocycles. The van der Waals surface area contributed by atoms with Crippen molar-refractivity contribution in [3.8, 4) is 0 Å². The van der Waals surface area contributed by atoms with Crippen LogP contribution < -0.4 is 4.72 Å². The van der Waals surface area contributed by atoms with Gasteiger partial charge in [-0.1, -0.05) is 23.7 Å².